The van der Waals surface area contributed by atoms with Crippen LogP contribution in [0.25, 0.3) is 11.0 Å². The lowest BCUT2D eigenvalue weighted by Crippen LogP contribution is -2.48. The number of halogens is 1. The Morgan fingerprint density at radius 3 is 2.70 bits per heavy atom. The van der Waals surface area contributed by atoms with E-state index in [1.165, 1.54) is 0 Å². The molecule has 0 unspecified atom stereocenters. The molecule has 7 heteroatoms. The van der Waals surface area contributed by atoms with Gasteiger partial charge in [-0.15, -0.1) is 0 Å². The molecule has 0 N–H and O–H groups in total. The van der Waals surface area contributed by atoms with E-state index < -0.39 is 0 Å². The molecule has 0 saturated carbocycles. The van der Waals surface area contributed by atoms with Crippen molar-refractivity contribution in [1.82, 2.24) is 10.1 Å². The average Bonchev–Trinajstić information content (AvgIpc) is 3.28. The van der Waals surface area contributed by atoms with Crippen LogP contribution in [0.15, 0.2) is 47.0 Å². The van der Waals surface area contributed by atoms with Crippen molar-refractivity contribution in [2.75, 3.05) is 24.5 Å². The van der Waals surface area contributed by atoms with E-state index in [1.807, 2.05) is 52.3 Å². The monoisotopic (exact) mass is 423 g/mol. The van der Waals surface area contributed by atoms with Crippen molar-refractivity contribution in [1.29, 1.82) is 0 Å². The molecule has 1 spiro atoms. The maximum atomic E-state index is 12.9. The second kappa shape index (κ2) is 7.13. The molecule has 154 valence electrons. The number of hydrogen-bond donors (Lipinski definition) is 0. The Morgan fingerprint density at radius 2 is 1.93 bits per heavy atom. The number of carbonyl (C=O) groups excluding carboxylic acids is 2. The van der Waals surface area contributed by atoms with Crippen LogP contribution in [0.3, 0.4) is 0 Å². The Kier molecular flexibility index (Phi) is 4.54. The zero-order chi connectivity index (χ0) is 20.9. The van der Waals surface area contributed by atoms with Gasteiger partial charge in [-0.3, -0.25) is 9.59 Å². The molecule has 0 aliphatic carbocycles. The quantitative estimate of drug-likeness (QED) is 0.626. The first-order valence-electron chi connectivity index (χ1n) is 10.2. The van der Waals surface area contributed by atoms with Gasteiger partial charge in [0.2, 0.25) is 11.8 Å². The topological polar surface area (TPSA) is 66.7 Å². The summed E-state index contributed by atoms with van der Waals surface area (Å²) in [6.07, 6.45) is 1.83. The number of anilines is 1. The van der Waals surface area contributed by atoms with Gasteiger partial charge in [0.15, 0.2) is 5.58 Å². The van der Waals surface area contributed by atoms with Crippen molar-refractivity contribution < 1.29 is 14.1 Å². The molecular formula is C23H22ClN3O3. The lowest BCUT2D eigenvalue weighted by molar-refractivity contribution is -0.132. The number of piperidine rings is 1. The standard InChI is InChI=1S/C23H22ClN3O3/c1-15(28)27-14-23(18-12-16(24)6-7-20(18)27)8-10-26(11-9-23)22(29)13-19-17-4-2-3-5-21(17)30-25-19/h2-7,12H,8-11,13-14H2,1H3. The first kappa shape index (κ1) is 19.1. The van der Waals surface area contributed by atoms with Gasteiger partial charge in [-0.05, 0) is 48.7 Å². The van der Waals surface area contributed by atoms with Crippen molar-refractivity contribution in [3.05, 3.63) is 58.7 Å². The highest BCUT2D eigenvalue weighted by Gasteiger charge is 2.46. The fourth-order valence-corrected chi connectivity index (χ4v) is 5.03. The van der Waals surface area contributed by atoms with Crippen molar-refractivity contribution >= 4 is 40.1 Å². The summed E-state index contributed by atoms with van der Waals surface area (Å²) in [4.78, 5) is 28.9. The molecule has 1 saturated heterocycles. The van der Waals surface area contributed by atoms with Crippen LogP contribution < -0.4 is 4.90 Å². The molecule has 2 amide bonds. The number of aromatic nitrogens is 1. The van der Waals surface area contributed by atoms with Crippen LogP contribution >= 0.6 is 11.6 Å². The molecule has 30 heavy (non-hydrogen) atoms. The molecule has 2 aromatic carbocycles. The molecule has 2 aliphatic heterocycles. The van der Waals surface area contributed by atoms with E-state index in [1.54, 1.807) is 6.92 Å². The largest absolute Gasteiger partial charge is 0.356 e. The minimum Gasteiger partial charge on any atom is -0.356 e. The highest BCUT2D eigenvalue weighted by atomic mass is 35.5. The van der Waals surface area contributed by atoms with Crippen LogP contribution in [0.4, 0.5) is 5.69 Å². The smallest absolute Gasteiger partial charge is 0.228 e. The molecule has 5 rings (SSSR count). The van der Waals surface area contributed by atoms with Crippen LogP contribution in [0.1, 0.15) is 31.0 Å². The van der Waals surface area contributed by atoms with Gasteiger partial charge in [0, 0.05) is 48.1 Å². The Balaban J connectivity index is 1.33. The highest BCUT2D eigenvalue weighted by Crippen LogP contribution is 2.48. The number of rotatable bonds is 2. The van der Waals surface area contributed by atoms with Gasteiger partial charge < -0.3 is 14.3 Å². The van der Waals surface area contributed by atoms with Crippen LogP contribution in [0.5, 0.6) is 0 Å². The van der Waals surface area contributed by atoms with E-state index in [4.69, 9.17) is 16.1 Å². The summed E-state index contributed by atoms with van der Waals surface area (Å²) in [5.74, 6) is 0.0866. The van der Waals surface area contributed by atoms with Crippen LogP contribution in [0.2, 0.25) is 5.02 Å². The van der Waals surface area contributed by atoms with E-state index in [-0.39, 0.29) is 23.7 Å². The Labute approximate surface area is 179 Å². The summed E-state index contributed by atoms with van der Waals surface area (Å²) in [6.45, 7) is 3.53. The van der Waals surface area contributed by atoms with Crippen LogP contribution in [-0.4, -0.2) is 41.5 Å². The normalized spacial score (nSPS) is 17.5. The van der Waals surface area contributed by atoms with E-state index in [0.717, 1.165) is 29.5 Å². The predicted molar refractivity (Wildman–Crippen MR) is 115 cm³/mol. The van der Waals surface area contributed by atoms with Gasteiger partial charge in [-0.2, -0.15) is 0 Å². The zero-order valence-electron chi connectivity index (χ0n) is 16.7. The number of hydrogen-bond acceptors (Lipinski definition) is 4. The Morgan fingerprint density at radius 1 is 1.17 bits per heavy atom. The lowest BCUT2D eigenvalue weighted by atomic mass is 9.74. The summed E-state index contributed by atoms with van der Waals surface area (Å²) in [6, 6.07) is 13.3. The molecule has 2 aliphatic rings. The molecule has 0 bridgehead atoms. The SMILES string of the molecule is CC(=O)N1CC2(CCN(C(=O)Cc3noc4ccccc34)CC2)c2cc(Cl)ccc21. The van der Waals surface area contributed by atoms with E-state index in [0.29, 0.717) is 35.9 Å². The number of fused-ring (bicyclic) bond motifs is 3. The minimum absolute atomic E-state index is 0.0341. The number of amides is 2. The Bertz CT molecular complexity index is 1150. The minimum atomic E-state index is -0.150. The lowest BCUT2D eigenvalue weighted by Gasteiger charge is -2.40. The maximum Gasteiger partial charge on any atom is 0.228 e. The van der Waals surface area contributed by atoms with Crippen LogP contribution in [0, 0.1) is 0 Å². The fourth-order valence-electron chi connectivity index (χ4n) is 4.85. The van der Waals surface area contributed by atoms with Crippen molar-refractivity contribution in [2.45, 2.75) is 31.6 Å². The molecule has 0 atom stereocenters. The first-order valence-corrected chi connectivity index (χ1v) is 10.5. The zero-order valence-corrected chi connectivity index (χ0v) is 17.5. The Hall–Kier alpha value is -2.86. The summed E-state index contributed by atoms with van der Waals surface area (Å²) in [5, 5.41) is 5.65. The molecule has 1 aromatic heterocycles. The number of likely N-dealkylation sites (tertiary alicyclic amines) is 1. The summed E-state index contributed by atoms with van der Waals surface area (Å²) in [5.41, 5.74) is 3.29. The average molecular weight is 424 g/mol. The third-order valence-corrected chi connectivity index (χ3v) is 6.74. The predicted octanol–water partition coefficient (Wildman–Crippen LogP) is 3.95. The second-order valence-corrected chi connectivity index (χ2v) is 8.67. The van der Waals surface area contributed by atoms with E-state index >= 15 is 0 Å². The number of nitrogens with zero attached hydrogens (tertiary/aromatic N) is 3. The van der Waals surface area contributed by atoms with Crippen molar-refractivity contribution in [3.63, 3.8) is 0 Å². The number of benzene rings is 2. The first-order chi connectivity index (χ1) is 14.5. The van der Waals surface area contributed by atoms with Crippen molar-refractivity contribution in [3.8, 4) is 0 Å². The van der Waals surface area contributed by atoms with Gasteiger partial charge in [-0.1, -0.05) is 28.9 Å². The van der Waals surface area contributed by atoms with E-state index in [9.17, 15) is 9.59 Å². The molecule has 0 radical (unpaired) electrons. The van der Waals surface area contributed by atoms with Gasteiger partial charge >= 0.3 is 0 Å². The second-order valence-electron chi connectivity index (χ2n) is 8.23. The third kappa shape index (κ3) is 3.06. The molecular weight excluding hydrogens is 402 g/mol. The van der Waals surface area contributed by atoms with Gasteiger partial charge in [0.25, 0.3) is 0 Å². The van der Waals surface area contributed by atoms with Crippen molar-refractivity contribution in [2.24, 2.45) is 0 Å². The number of para-hydroxylation sites is 1. The summed E-state index contributed by atoms with van der Waals surface area (Å²) in [7, 11) is 0. The van der Waals surface area contributed by atoms with E-state index in [2.05, 4.69) is 5.16 Å². The molecule has 3 aromatic rings. The van der Waals surface area contributed by atoms with Gasteiger partial charge in [0.05, 0.1) is 6.42 Å². The maximum absolute atomic E-state index is 12.9. The van der Waals surface area contributed by atoms with Gasteiger partial charge in [0.1, 0.15) is 5.69 Å². The molecule has 1 fully saturated rings. The molecule has 3 heterocycles. The summed E-state index contributed by atoms with van der Waals surface area (Å²) >= 11 is 6.28. The highest BCUT2D eigenvalue weighted by molar-refractivity contribution is 6.30. The number of carbonyl (C=O) groups is 2. The van der Waals surface area contributed by atoms with Crippen LogP contribution in [-0.2, 0) is 21.4 Å². The summed E-state index contributed by atoms with van der Waals surface area (Å²) < 4.78 is 5.33. The molecule has 6 nitrogen and oxygen atoms in total. The third-order valence-electron chi connectivity index (χ3n) is 6.51. The fraction of sp³-hybridized carbons (Fsp3) is 0.348. The van der Waals surface area contributed by atoms with Gasteiger partial charge in [-0.25, -0.2) is 0 Å².